The van der Waals surface area contributed by atoms with E-state index in [1.807, 2.05) is 55.4 Å². The lowest BCUT2D eigenvalue weighted by molar-refractivity contribution is -0.0230. The zero-order chi connectivity index (χ0) is 60.3. The Morgan fingerprint density at radius 1 is 0.383 bits per heavy atom. The van der Waals surface area contributed by atoms with Gasteiger partial charge >= 0.3 is 0 Å². The number of anilines is 4. The summed E-state index contributed by atoms with van der Waals surface area (Å²) in [7, 11) is 0. The molecule has 4 aromatic carbocycles. The third kappa shape index (κ3) is 17.1. The van der Waals surface area contributed by atoms with E-state index in [0.29, 0.717) is 32.7 Å². The minimum absolute atomic E-state index is 0.283. The van der Waals surface area contributed by atoms with Crippen molar-refractivity contribution in [1.29, 1.82) is 0 Å². The first-order valence-corrected chi connectivity index (χ1v) is 33.9. The topological polar surface area (TPSA) is 13.0 Å². The fraction of sp³-hybridized carbons (Fsp3) is 0.688. The van der Waals surface area contributed by atoms with Gasteiger partial charge in [0.05, 0.1) is 0 Å². The van der Waals surface area contributed by atoms with Crippen LogP contribution in [0.5, 0.6) is 0 Å². The van der Waals surface area contributed by atoms with Crippen molar-refractivity contribution in [1.82, 2.24) is 0 Å². The molecule has 0 radical (unpaired) electrons. The van der Waals surface area contributed by atoms with Crippen LogP contribution in [-0.2, 0) is 0 Å². The molecule has 2 spiro atoms. The Bertz CT molecular complexity index is 2300. The molecule has 7 fully saturated rings. The fourth-order valence-corrected chi connectivity index (χ4v) is 17.3. The van der Waals surface area contributed by atoms with Crippen molar-refractivity contribution in [3.63, 3.8) is 0 Å². The van der Waals surface area contributed by atoms with Crippen LogP contribution in [0.15, 0.2) is 121 Å². The molecule has 4 nitrogen and oxygen atoms in total. The largest absolute Gasteiger partial charge is 0.366 e. The second kappa shape index (κ2) is 30.8. The normalized spacial score (nSPS) is 25.9. The van der Waals surface area contributed by atoms with E-state index >= 15 is 0 Å². The van der Waals surface area contributed by atoms with Crippen molar-refractivity contribution in [3.8, 4) is 0 Å². The number of fused-ring (bicyclic) bond motifs is 3. The summed E-state index contributed by atoms with van der Waals surface area (Å²) in [5.74, 6) is 2.96. The molecular formula is C77H128N4. The molecule has 2 bridgehead atoms. The first-order chi connectivity index (χ1) is 38.6. The van der Waals surface area contributed by atoms with Crippen LogP contribution in [0.25, 0.3) is 0 Å². The maximum atomic E-state index is 2.74. The van der Waals surface area contributed by atoms with Gasteiger partial charge in [-0.2, -0.15) is 0 Å². The SMILES string of the molecule is CC.CC.CC.CC.CC1(C)CC2(CCCCC2)CN1c1ccccc1.CC1(C)CN(c2ccccc2)C(C)(C)C1.CCC1(CC)CN(c2ccccc2)C(C)(C)C1.CCC1CC2CCCC(C2)C12CN(c1ccccc1)C(C)(C)C2. The smallest absolute Gasteiger partial charge is 0.0370 e. The van der Waals surface area contributed by atoms with E-state index in [1.54, 1.807) is 0 Å². The van der Waals surface area contributed by atoms with Gasteiger partial charge in [-0.3, -0.25) is 0 Å². The summed E-state index contributed by atoms with van der Waals surface area (Å²) < 4.78 is 0. The second-order valence-corrected chi connectivity index (χ2v) is 28.4. The first kappa shape index (κ1) is 69.6. The molecular weight excluding hydrogens is 981 g/mol. The molecule has 81 heavy (non-hydrogen) atoms. The molecule has 4 heterocycles. The molecule has 11 rings (SSSR count). The predicted octanol–water partition coefficient (Wildman–Crippen LogP) is 22.8. The maximum absolute atomic E-state index is 2.74. The number of rotatable bonds is 7. The van der Waals surface area contributed by atoms with E-state index < -0.39 is 0 Å². The Hall–Kier alpha value is -3.92. The van der Waals surface area contributed by atoms with Crippen LogP contribution in [0.2, 0.25) is 0 Å². The molecule has 4 aliphatic heterocycles. The van der Waals surface area contributed by atoms with Gasteiger partial charge < -0.3 is 19.6 Å². The first-order valence-electron chi connectivity index (χ1n) is 33.9. The third-order valence-electron chi connectivity index (χ3n) is 20.4. The number of benzene rings is 4. The molecule has 0 amide bonds. The number of para-hydroxylation sites is 4. The van der Waals surface area contributed by atoms with Crippen LogP contribution in [0.1, 0.15) is 255 Å². The minimum atomic E-state index is 0.283. The lowest BCUT2D eigenvalue weighted by Gasteiger charge is -2.53. The summed E-state index contributed by atoms with van der Waals surface area (Å²) in [5, 5.41) is 0. The Labute approximate surface area is 503 Å². The van der Waals surface area contributed by atoms with Crippen LogP contribution in [-0.4, -0.2) is 48.3 Å². The molecule has 4 aromatic rings. The highest BCUT2D eigenvalue weighted by Crippen LogP contribution is 2.62. The summed E-state index contributed by atoms with van der Waals surface area (Å²) in [6.07, 6.45) is 24.0. The van der Waals surface area contributed by atoms with Crippen molar-refractivity contribution < 1.29 is 0 Å². The lowest BCUT2D eigenvalue weighted by Crippen LogP contribution is -2.47. The molecule has 3 saturated carbocycles. The number of hydrogen-bond acceptors (Lipinski definition) is 4. The number of hydrogen-bond donors (Lipinski definition) is 0. The van der Waals surface area contributed by atoms with Crippen LogP contribution in [0, 0.1) is 39.4 Å². The molecule has 0 N–H and O–H groups in total. The Kier molecular flexibility index (Phi) is 26.4. The minimum Gasteiger partial charge on any atom is -0.366 e. The zero-order valence-corrected chi connectivity index (χ0v) is 56.9. The molecule has 4 unspecified atom stereocenters. The third-order valence-corrected chi connectivity index (χ3v) is 20.4. The van der Waals surface area contributed by atoms with Crippen molar-refractivity contribution >= 4 is 22.7 Å². The molecule has 7 aliphatic rings. The van der Waals surface area contributed by atoms with Gasteiger partial charge in [0.1, 0.15) is 0 Å². The van der Waals surface area contributed by atoms with Gasteiger partial charge in [0.2, 0.25) is 0 Å². The average molecular weight is 1110 g/mol. The van der Waals surface area contributed by atoms with Crippen LogP contribution >= 0.6 is 0 Å². The van der Waals surface area contributed by atoms with Crippen molar-refractivity contribution in [2.75, 3.05) is 45.8 Å². The van der Waals surface area contributed by atoms with Crippen molar-refractivity contribution in [2.24, 2.45) is 39.4 Å². The summed E-state index contributed by atoms with van der Waals surface area (Å²) in [4.78, 5) is 10.5. The molecule has 4 heteroatoms. The summed E-state index contributed by atoms with van der Waals surface area (Å²) in [6.45, 7) is 52.0. The van der Waals surface area contributed by atoms with Gasteiger partial charge in [0, 0.05) is 71.1 Å². The van der Waals surface area contributed by atoms with Crippen molar-refractivity contribution in [3.05, 3.63) is 121 Å². The average Bonchev–Trinajstić information content (AvgIpc) is 4.13. The van der Waals surface area contributed by atoms with Crippen LogP contribution < -0.4 is 19.6 Å². The predicted molar refractivity (Wildman–Crippen MR) is 364 cm³/mol. The van der Waals surface area contributed by atoms with E-state index in [1.165, 1.54) is 152 Å². The van der Waals surface area contributed by atoms with E-state index in [0.717, 1.165) is 24.3 Å². The van der Waals surface area contributed by atoms with Gasteiger partial charge in [-0.25, -0.2) is 0 Å². The Balaban J connectivity index is 0.000000225. The summed E-state index contributed by atoms with van der Waals surface area (Å²) in [5.41, 5.74) is 8.87. The van der Waals surface area contributed by atoms with Gasteiger partial charge in [-0.15, -0.1) is 0 Å². The quantitative estimate of drug-likeness (QED) is 0.183. The highest BCUT2D eigenvalue weighted by atomic mass is 15.3. The zero-order valence-electron chi connectivity index (χ0n) is 56.9. The van der Waals surface area contributed by atoms with E-state index in [9.17, 15) is 0 Å². The van der Waals surface area contributed by atoms with E-state index in [2.05, 4.69) is 231 Å². The molecule has 0 aromatic heterocycles. The monoisotopic (exact) mass is 1110 g/mol. The standard InChI is InChI=1S/C22H33N.C17H25N.C16H25N.C14H21N.4C2H6/c1-4-18-13-17-9-8-10-19(14-17)22(18)15-21(2,3)23(16-22)20-11-6-5-7-12-20;1-16(2)13-17(11-7-4-8-12-17)14-18(16)15-9-5-3-6-10-15;1-5-16(6-2)12-15(3,4)17(13-16)14-10-8-7-9-11-14;1-13(2)10-14(3,4)15(11-13)12-8-6-5-7-9-12;4*1-2/h5-7,11-12,17-19H,4,8-10,13-16H2,1-3H3;3,5-6,9-10H,4,7-8,11-14H2,1-2H3;7-11H,5-6,12-13H2,1-4H3;5-9H,10-11H2,1-4H3;4*1-2H3. The van der Waals surface area contributed by atoms with Gasteiger partial charge in [0.15, 0.2) is 0 Å². The molecule has 4 atom stereocenters. The van der Waals surface area contributed by atoms with E-state index in [4.69, 9.17) is 0 Å². The summed E-state index contributed by atoms with van der Waals surface area (Å²) >= 11 is 0. The second-order valence-electron chi connectivity index (χ2n) is 28.4. The van der Waals surface area contributed by atoms with Gasteiger partial charge in [-0.05, 0) is 214 Å². The number of nitrogens with zero attached hydrogens (tertiary/aromatic N) is 4. The van der Waals surface area contributed by atoms with Crippen molar-refractivity contribution in [2.45, 2.75) is 277 Å². The summed E-state index contributed by atoms with van der Waals surface area (Å²) in [6, 6.07) is 43.8. The van der Waals surface area contributed by atoms with Crippen LogP contribution in [0.4, 0.5) is 22.7 Å². The highest BCUT2D eigenvalue weighted by Gasteiger charge is 2.58. The van der Waals surface area contributed by atoms with E-state index in [-0.39, 0.29) is 11.1 Å². The van der Waals surface area contributed by atoms with Gasteiger partial charge in [-0.1, -0.05) is 201 Å². The highest BCUT2D eigenvalue weighted by molar-refractivity contribution is 5.54. The maximum Gasteiger partial charge on any atom is 0.0370 e. The molecule has 456 valence electrons. The molecule has 4 saturated heterocycles. The van der Waals surface area contributed by atoms with Crippen LogP contribution in [0.3, 0.4) is 0 Å². The molecule has 3 aliphatic carbocycles. The van der Waals surface area contributed by atoms with Gasteiger partial charge in [0.25, 0.3) is 0 Å². The Morgan fingerprint density at radius 3 is 1.16 bits per heavy atom. The lowest BCUT2D eigenvalue weighted by atomic mass is 9.52. The Morgan fingerprint density at radius 2 is 0.765 bits per heavy atom. The fourth-order valence-electron chi connectivity index (χ4n) is 17.3.